The van der Waals surface area contributed by atoms with E-state index in [-0.39, 0.29) is 6.10 Å². The molecule has 28 heavy (non-hydrogen) atoms. The van der Waals surface area contributed by atoms with Crippen molar-refractivity contribution in [3.63, 3.8) is 0 Å². The number of nitrogens with zero attached hydrogens (tertiary/aromatic N) is 1. The molecular formula is C22H37N3O3. The van der Waals surface area contributed by atoms with Gasteiger partial charge >= 0.3 is 0 Å². The normalized spacial score (nSPS) is 15.6. The van der Waals surface area contributed by atoms with Gasteiger partial charge in [0.25, 0.3) is 0 Å². The van der Waals surface area contributed by atoms with E-state index in [2.05, 4.69) is 34.7 Å². The van der Waals surface area contributed by atoms with Crippen molar-refractivity contribution in [2.24, 2.45) is 10.9 Å². The Balaban J connectivity index is 1.65. The minimum absolute atomic E-state index is 0.189. The summed E-state index contributed by atoms with van der Waals surface area (Å²) in [6.07, 6.45) is 3.41. The molecule has 0 amide bonds. The van der Waals surface area contributed by atoms with E-state index in [9.17, 15) is 0 Å². The number of benzene rings is 1. The van der Waals surface area contributed by atoms with Crippen LogP contribution in [-0.4, -0.2) is 51.6 Å². The van der Waals surface area contributed by atoms with E-state index < -0.39 is 0 Å². The molecule has 0 atom stereocenters. The highest BCUT2D eigenvalue weighted by molar-refractivity contribution is 5.79. The Hall–Kier alpha value is -1.79. The van der Waals surface area contributed by atoms with Crippen LogP contribution in [0.3, 0.4) is 0 Å². The van der Waals surface area contributed by atoms with Gasteiger partial charge in [-0.25, -0.2) is 4.99 Å². The molecule has 2 rings (SSSR count). The molecule has 0 aliphatic carbocycles. The summed E-state index contributed by atoms with van der Waals surface area (Å²) < 4.78 is 16.9. The lowest BCUT2D eigenvalue weighted by Gasteiger charge is -2.21. The predicted octanol–water partition coefficient (Wildman–Crippen LogP) is 3.36. The first-order valence-electron chi connectivity index (χ1n) is 10.6. The number of guanidine groups is 1. The number of nitrogens with one attached hydrogen (secondary N) is 2. The minimum atomic E-state index is 0.189. The van der Waals surface area contributed by atoms with E-state index in [0.29, 0.717) is 12.5 Å². The third-order valence-corrected chi connectivity index (χ3v) is 4.51. The Labute approximate surface area is 170 Å². The van der Waals surface area contributed by atoms with E-state index in [4.69, 9.17) is 14.2 Å². The third-order valence-electron chi connectivity index (χ3n) is 4.51. The quantitative estimate of drug-likeness (QED) is 0.344. The predicted molar refractivity (Wildman–Crippen MR) is 114 cm³/mol. The van der Waals surface area contributed by atoms with Gasteiger partial charge < -0.3 is 24.8 Å². The van der Waals surface area contributed by atoms with Crippen LogP contribution in [0.2, 0.25) is 0 Å². The van der Waals surface area contributed by atoms with Crippen molar-refractivity contribution in [3.05, 3.63) is 29.8 Å². The Morgan fingerprint density at radius 1 is 1.18 bits per heavy atom. The summed E-state index contributed by atoms with van der Waals surface area (Å²) in [4.78, 5) is 4.66. The van der Waals surface area contributed by atoms with Gasteiger partial charge in [-0.2, -0.15) is 0 Å². The fourth-order valence-electron chi connectivity index (χ4n) is 3.00. The Morgan fingerprint density at radius 3 is 2.61 bits per heavy atom. The van der Waals surface area contributed by atoms with Crippen molar-refractivity contribution in [3.8, 4) is 5.75 Å². The first-order chi connectivity index (χ1) is 13.7. The molecule has 1 aliphatic rings. The number of ether oxygens (including phenoxy) is 3. The van der Waals surface area contributed by atoms with Gasteiger partial charge in [0.05, 0.1) is 12.6 Å². The lowest BCUT2D eigenvalue weighted by Crippen LogP contribution is -2.38. The SMILES string of the molecule is CCNC(=NCc1ccc(OC(C)C)cc1)NCCCOCC1CCOCC1. The molecule has 1 aromatic rings. The topological polar surface area (TPSA) is 64.1 Å². The average Bonchev–Trinajstić information content (AvgIpc) is 2.70. The minimum Gasteiger partial charge on any atom is -0.491 e. The molecular weight excluding hydrogens is 354 g/mol. The smallest absolute Gasteiger partial charge is 0.191 e. The van der Waals surface area contributed by atoms with Crippen molar-refractivity contribution in [1.29, 1.82) is 0 Å². The fourth-order valence-corrected chi connectivity index (χ4v) is 3.00. The van der Waals surface area contributed by atoms with Crippen molar-refractivity contribution in [1.82, 2.24) is 10.6 Å². The zero-order valence-electron chi connectivity index (χ0n) is 17.7. The lowest BCUT2D eigenvalue weighted by molar-refractivity contribution is 0.0203. The molecule has 0 radical (unpaired) electrons. The van der Waals surface area contributed by atoms with E-state index in [1.807, 2.05) is 26.0 Å². The molecule has 0 spiro atoms. The first-order valence-corrected chi connectivity index (χ1v) is 10.6. The van der Waals surface area contributed by atoms with Crippen LogP contribution in [-0.2, 0) is 16.0 Å². The summed E-state index contributed by atoms with van der Waals surface area (Å²) in [5, 5.41) is 6.67. The molecule has 1 aromatic carbocycles. The van der Waals surface area contributed by atoms with Gasteiger partial charge in [-0.1, -0.05) is 12.1 Å². The van der Waals surface area contributed by atoms with Gasteiger partial charge in [-0.05, 0) is 63.6 Å². The summed E-state index contributed by atoms with van der Waals surface area (Å²) in [6.45, 7) is 11.9. The van der Waals surface area contributed by atoms with Crippen LogP contribution in [0.1, 0.15) is 45.6 Å². The van der Waals surface area contributed by atoms with Crippen molar-refractivity contribution >= 4 is 5.96 Å². The largest absolute Gasteiger partial charge is 0.491 e. The van der Waals surface area contributed by atoms with Crippen LogP contribution in [0.25, 0.3) is 0 Å². The summed E-state index contributed by atoms with van der Waals surface area (Å²) in [5.41, 5.74) is 1.16. The summed E-state index contributed by atoms with van der Waals surface area (Å²) in [7, 11) is 0. The van der Waals surface area contributed by atoms with E-state index >= 15 is 0 Å². The van der Waals surface area contributed by atoms with Crippen LogP contribution < -0.4 is 15.4 Å². The number of aliphatic imine (C=N–C) groups is 1. The van der Waals surface area contributed by atoms with E-state index in [0.717, 1.165) is 76.1 Å². The average molecular weight is 392 g/mol. The van der Waals surface area contributed by atoms with Gasteiger partial charge in [-0.3, -0.25) is 0 Å². The van der Waals surface area contributed by atoms with Crippen LogP contribution in [0, 0.1) is 5.92 Å². The zero-order valence-corrected chi connectivity index (χ0v) is 17.7. The standard InChI is InChI=1S/C22H37N3O3/c1-4-23-22(24-12-5-13-27-17-20-10-14-26-15-11-20)25-16-19-6-8-21(9-7-19)28-18(2)3/h6-9,18,20H,4-5,10-17H2,1-3H3,(H2,23,24,25). The molecule has 6 nitrogen and oxygen atoms in total. The maximum Gasteiger partial charge on any atom is 0.191 e. The van der Waals surface area contributed by atoms with E-state index in [1.165, 1.54) is 0 Å². The van der Waals surface area contributed by atoms with Gasteiger partial charge in [-0.15, -0.1) is 0 Å². The molecule has 0 aromatic heterocycles. The molecule has 1 saturated heterocycles. The Kier molecular flexibility index (Phi) is 10.8. The highest BCUT2D eigenvalue weighted by Crippen LogP contribution is 2.15. The van der Waals surface area contributed by atoms with Crippen LogP contribution >= 0.6 is 0 Å². The highest BCUT2D eigenvalue weighted by atomic mass is 16.5. The molecule has 1 fully saturated rings. The number of hydrogen-bond donors (Lipinski definition) is 2. The molecule has 0 saturated carbocycles. The number of hydrogen-bond acceptors (Lipinski definition) is 4. The van der Waals surface area contributed by atoms with Gasteiger partial charge in [0.1, 0.15) is 5.75 Å². The molecule has 158 valence electrons. The second-order valence-electron chi connectivity index (χ2n) is 7.42. The van der Waals surface area contributed by atoms with Gasteiger partial charge in [0, 0.05) is 39.5 Å². The van der Waals surface area contributed by atoms with Crippen LogP contribution in [0.5, 0.6) is 5.75 Å². The van der Waals surface area contributed by atoms with Crippen LogP contribution in [0.15, 0.2) is 29.3 Å². The Morgan fingerprint density at radius 2 is 1.93 bits per heavy atom. The molecule has 2 N–H and O–H groups in total. The lowest BCUT2D eigenvalue weighted by atomic mass is 10.0. The highest BCUT2D eigenvalue weighted by Gasteiger charge is 2.13. The summed E-state index contributed by atoms with van der Waals surface area (Å²) >= 11 is 0. The molecule has 0 bridgehead atoms. The molecule has 6 heteroatoms. The van der Waals surface area contributed by atoms with Crippen LogP contribution in [0.4, 0.5) is 0 Å². The van der Waals surface area contributed by atoms with Crippen molar-refractivity contribution in [2.75, 3.05) is 39.5 Å². The van der Waals surface area contributed by atoms with Gasteiger partial charge in [0.15, 0.2) is 5.96 Å². The maximum absolute atomic E-state index is 5.82. The molecule has 0 unspecified atom stereocenters. The summed E-state index contributed by atoms with van der Waals surface area (Å²) in [5.74, 6) is 2.40. The monoisotopic (exact) mass is 391 g/mol. The Bertz CT molecular complexity index is 555. The molecule has 1 heterocycles. The van der Waals surface area contributed by atoms with E-state index in [1.54, 1.807) is 0 Å². The first kappa shape index (κ1) is 22.5. The second kappa shape index (κ2) is 13.4. The zero-order chi connectivity index (χ0) is 20.0. The van der Waals surface area contributed by atoms with Crippen molar-refractivity contribution in [2.45, 2.75) is 52.7 Å². The summed E-state index contributed by atoms with van der Waals surface area (Å²) in [6, 6.07) is 8.13. The number of rotatable bonds is 11. The molecule has 1 aliphatic heterocycles. The third kappa shape index (κ3) is 9.42. The maximum atomic E-state index is 5.82. The van der Waals surface area contributed by atoms with Crippen molar-refractivity contribution < 1.29 is 14.2 Å². The fraction of sp³-hybridized carbons (Fsp3) is 0.682. The second-order valence-corrected chi connectivity index (χ2v) is 7.42. The van der Waals surface area contributed by atoms with Gasteiger partial charge in [0.2, 0.25) is 0 Å².